The van der Waals surface area contributed by atoms with Crippen LogP contribution < -0.4 is 9.64 Å². The molecule has 0 N–H and O–H groups in total. The lowest BCUT2D eigenvalue weighted by atomic mass is 10.2. The normalized spacial score (nSPS) is 15.1. The van der Waals surface area contributed by atoms with Crippen LogP contribution in [0, 0.1) is 0 Å². The molecule has 7 nitrogen and oxygen atoms in total. The molecular formula is C20H23N5O2. The van der Waals surface area contributed by atoms with Crippen LogP contribution >= 0.6 is 0 Å². The van der Waals surface area contributed by atoms with Crippen LogP contribution in [0.2, 0.25) is 0 Å². The molecule has 0 saturated carbocycles. The molecule has 1 aliphatic rings. The maximum absolute atomic E-state index is 5.42. The van der Waals surface area contributed by atoms with Gasteiger partial charge in [0.05, 0.1) is 12.7 Å². The fourth-order valence-electron chi connectivity index (χ4n) is 3.19. The van der Waals surface area contributed by atoms with Crippen molar-refractivity contribution in [2.24, 2.45) is 0 Å². The molecule has 3 heterocycles. The number of aromatic nitrogens is 3. The summed E-state index contributed by atoms with van der Waals surface area (Å²) in [4.78, 5) is 13.8. The molecule has 0 atom stereocenters. The van der Waals surface area contributed by atoms with Gasteiger partial charge in [-0.05, 0) is 42.9 Å². The lowest BCUT2D eigenvalue weighted by molar-refractivity contribution is 0.270. The second-order valence-electron chi connectivity index (χ2n) is 6.48. The summed E-state index contributed by atoms with van der Waals surface area (Å²) in [5.74, 6) is 2.80. The summed E-state index contributed by atoms with van der Waals surface area (Å²) >= 11 is 0. The van der Waals surface area contributed by atoms with Gasteiger partial charge in [0, 0.05) is 37.9 Å². The first-order valence-electron chi connectivity index (χ1n) is 9.18. The molecule has 0 radical (unpaired) electrons. The van der Waals surface area contributed by atoms with Crippen molar-refractivity contribution in [3.05, 3.63) is 42.6 Å². The molecule has 1 saturated heterocycles. The SMILES string of the molecule is CCN1CCN(c2ccc(-c3nc(-c4ccc(OC)cc4)no3)cn2)CC1. The van der Waals surface area contributed by atoms with Crippen molar-refractivity contribution in [1.82, 2.24) is 20.0 Å². The predicted molar refractivity (Wildman–Crippen MR) is 104 cm³/mol. The number of rotatable bonds is 5. The van der Waals surface area contributed by atoms with E-state index >= 15 is 0 Å². The highest BCUT2D eigenvalue weighted by atomic mass is 16.5. The Kier molecular flexibility index (Phi) is 5.02. The summed E-state index contributed by atoms with van der Waals surface area (Å²) < 4.78 is 10.6. The molecule has 0 aliphatic carbocycles. The standard InChI is InChI=1S/C20H23N5O2/c1-3-24-10-12-25(13-11-24)18-9-6-16(14-21-18)20-22-19(23-27-20)15-4-7-17(26-2)8-5-15/h4-9,14H,3,10-13H2,1-2H3. The van der Waals surface area contributed by atoms with E-state index in [4.69, 9.17) is 9.26 Å². The summed E-state index contributed by atoms with van der Waals surface area (Å²) in [5.41, 5.74) is 1.70. The van der Waals surface area contributed by atoms with Crippen molar-refractivity contribution in [3.63, 3.8) is 0 Å². The largest absolute Gasteiger partial charge is 0.497 e. The Bertz CT molecular complexity index is 868. The van der Waals surface area contributed by atoms with E-state index in [9.17, 15) is 0 Å². The van der Waals surface area contributed by atoms with Gasteiger partial charge in [-0.25, -0.2) is 4.98 Å². The van der Waals surface area contributed by atoms with Gasteiger partial charge in [-0.15, -0.1) is 0 Å². The van der Waals surface area contributed by atoms with Gasteiger partial charge in [0.15, 0.2) is 0 Å². The van der Waals surface area contributed by atoms with Crippen molar-refractivity contribution in [2.45, 2.75) is 6.92 Å². The Morgan fingerprint density at radius 3 is 2.37 bits per heavy atom. The van der Waals surface area contributed by atoms with Gasteiger partial charge in [-0.2, -0.15) is 4.98 Å². The summed E-state index contributed by atoms with van der Waals surface area (Å²) in [6.45, 7) is 7.47. The van der Waals surface area contributed by atoms with E-state index in [1.165, 1.54) is 0 Å². The Labute approximate surface area is 158 Å². The van der Waals surface area contributed by atoms with Crippen LogP contribution in [0.5, 0.6) is 5.75 Å². The van der Waals surface area contributed by atoms with Crippen LogP contribution in [0.15, 0.2) is 47.1 Å². The number of nitrogens with zero attached hydrogens (tertiary/aromatic N) is 5. The Morgan fingerprint density at radius 1 is 1.00 bits per heavy atom. The monoisotopic (exact) mass is 365 g/mol. The van der Waals surface area contributed by atoms with Gasteiger partial charge in [-0.1, -0.05) is 12.1 Å². The van der Waals surface area contributed by atoms with E-state index in [0.29, 0.717) is 11.7 Å². The van der Waals surface area contributed by atoms with Gasteiger partial charge in [0.2, 0.25) is 5.82 Å². The molecule has 0 unspecified atom stereocenters. The van der Waals surface area contributed by atoms with Crippen LogP contribution in [-0.2, 0) is 0 Å². The van der Waals surface area contributed by atoms with Crippen LogP contribution in [0.1, 0.15) is 6.92 Å². The first-order chi connectivity index (χ1) is 13.3. The van der Waals surface area contributed by atoms with Crippen LogP contribution in [0.25, 0.3) is 22.8 Å². The second-order valence-corrected chi connectivity index (χ2v) is 6.48. The van der Waals surface area contributed by atoms with Gasteiger partial charge in [-0.3, -0.25) is 0 Å². The molecule has 2 aromatic heterocycles. The first-order valence-corrected chi connectivity index (χ1v) is 9.18. The molecule has 7 heteroatoms. The van der Waals surface area contributed by atoms with Crippen molar-refractivity contribution >= 4 is 5.82 Å². The Hall–Kier alpha value is -2.93. The molecule has 4 rings (SSSR count). The van der Waals surface area contributed by atoms with Crippen molar-refractivity contribution in [1.29, 1.82) is 0 Å². The third-order valence-corrected chi connectivity index (χ3v) is 4.91. The maximum atomic E-state index is 5.42. The van der Waals surface area contributed by atoms with E-state index in [-0.39, 0.29) is 0 Å². The minimum Gasteiger partial charge on any atom is -0.497 e. The number of piperazine rings is 1. The fourth-order valence-corrected chi connectivity index (χ4v) is 3.19. The molecule has 1 aliphatic heterocycles. The lowest BCUT2D eigenvalue weighted by Crippen LogP contribution is -2.46. The number of pyridine rings is 1. The van der Waals surface area contributed by atoms with E-state index in [1.54, 1.807) is 13.3 Å². The highest BCUT2D eigenvalue weighted by molar-refractivity contribution is 5.61. The van der Waals surface area contributed by atoms with Gasteiger partial charge in [0.25, 0.3) is 5.89 Å². The number of hydrogen-bond donors (Lipinski definition) is 0. The van der Waals surface area contributed by atoms with Gasteiger partial charge < -0.3 is 19.1 Å². The molecule has 1 aromatic carbocycles. The summed E-state index contributed by atoms with van der Waals surface area (Å²) in [5, 5.41) is 4.08. The van der Waals surface area contributed by atoms with E-state index in [1.807, 2.05) is 36.4 Å². The highest BCUT2D eigenvalue weighted by Crippen LogP contribution is 2.24. The van der Waals surface area contributed by atoms with Crippen LogP contribution in [0.3, 0.4) is 0 Å². The highest BCUT2D eigenvalue weighted by Gasteiger charge is 2.17. The summed E-state index contributed by atoms with van der Waals surface area (Å²) in [6.07, 6.45) is 1.80. The molecule has 27 heavy (non-hydrogen) atoms. The average molecular weight is 365 g/mol. The molecule has 0 spiro atoms. The minimum atomic E-state index is 0.468. The average Bonchev–Trinajstić information content (AvgIpc) is 3.24. The third kappa shape index (κ3) is 3.78. The van der Waals surface area contributed by atoms with Crippen molar-refractivity contribution < 1.29 is 9.26 Å². The zero-order valence-corrected chi connectivity index (χ0v) is 15.6. The topological polar surface area (TPSA) is 67.5 Å². The number of ether oxygens (including phenoxy) is 1. The Morgan fingerprint density at radius 2 is 1.74 bits per heavy atom. The van der Waals surface area contributed by atoms with Gasteiger partial charge in [0.1, 0.15) is 11.6 Å². The fraction of sp³-hybridized carbons (Fsp3) is 0.350. The molecule has 1 fully saturated rings. The zero-order chi connectivity index (χ0) is 18.6. The van der Waals surface area contributed by atoms with E-state index < -0.39 is 0 Å². The molecule has 0 amide bonds. The molecule has 140 valence electrons. The van der Waals surface area contributed by atoms with E-state index in [0.717, 1.165) is 55.4 Å². The maximum Gasteiger partial charge on any atom is 0.259 e. The number of methoxy groups -OCH3 is 1. The molecular weight excluding hydrogens is 342 g/mol. The quantitative estimate of drug-likeness (QED) is 0.688. The minimum absolute atomic E-state index is 0.468. The van der Waals surface area contributed by atoms with E-state index in [2.05, 4.69) is 31.8 Å². The van der Waals surface area contributed by atoms with Gasteiger partial charge >= 0.3 is 0 Å². The van der Waals surface area contributed by atoms with Crippen LogP contribution in [-0.4, -0.2) is 59.9 Å². The van der Waals surface area contributed by atoms with Crippen molar-refractivity contribution in [3.8, 4) is 28.6 Å². The Balaban J connectivity index is 1.47. The second kappa shape index (κ2) is 7.75. The first kappa shape index (κ1) is 17.5. The van der Waals surface area contributed by atoms with Crippen LogP contribution in [0.4, 0.5) is 5.82 Å². The summed E-state index contributed by atoms with van der Waals surface area (Å²) in [6, 6.07) is 11.6. The molecule has 3 aromatic rings. The molecule has 0 bridgehead atoms. The lowest BCUT2D eigenvalue weighted by Gasteiger charge is -2.34. The number of anilines is 1. The predicted octanol–water partition coefficient (Wildman–Crippen LogP) is 2.95. The number of likely N-dealkylation sites (N-methyl/N-ethyl adjacent to an activating group) is 1. The van der Waals surface area contributed by atoms with Crippen molar-refractivity contribution in [2.75, 3.05) is 44.7 Å². The summed E-state index contributed by atoms with van der Waals surface area (Å²) in [7, 11) is 1.64. The third-order valence-electron chi connectivity index (χ3n) is 4.91. The number of hydrogen-bond acceptors (Lipinski definition) is 7. The smallest absolute Gasteiger partial charge is 0.259 e. The zero-order valence-electron chi connectivity index (χ0n) is 15.6. The number of benzene rings is 1.